The highest BCUT2D eigenvalue weighted by atomic mass is 16.5. The maximum absolute atomic E-state index is 10.2. The number of aliphatic hydroxyl groups excluding tert-OH is 1. The SMILES string of the molecule is CN(CC1CCOCC1)CC(O)C1CCCC1. The molecule has 100 valence electrons. The Morgan fingerprint density at radius 3 is 2.47 bits per heavy atom. The van der Waals surface area contributed by atoms with Crippen LogP contribution in [-0.4, -0.2) is 49.5 Å². The molecule has 1 saturated heterocycles. The van der Waals surface area contributed by atoms with Crippen LogP contribution in [0.1, 0.15) is 38.5 Å². The number of hydrogen-bond acceptors (Lipinski definition) is 3. The molecule has 0 bridgehead atoms. The maximum Gasteiger partial charge on any atom is 0.0695 e. The molecular formula is C14H27NO2. The molecule has 2 fully saturated rings. The number of hydrogen-bond donors (Lipinski definition) is 1. The second kappa shape index (κ2) is 6.72. The van der Waals surface area contributed by atoms with E-state index in [0.29, 0.717) is 5.92 Å². The quantitative estimate of drug-likeness (QED) is 0.798. The standard InChI is InChI=1S/C14H27NO2/c1-15(10-12-6-8-17-9-7-12)11-14(16)13-4-2-3-5-13/h12-14,16H,2-11H2,1H3. The van der Waals surface area contributed by atoms with Gasteiger partial charge in [-0.2, -0.15) is 0 Å². The van der Waals surface area contributed by atoms with Crippen molar-refractivity contribution < 1.29 is 9.84 Å². The Balaban J connectivity index is 1.66. The zero-order valence-electron chi connectivity index (χ0n) is 11.1. The van der Waals surface area contributed by atoms with E-state index in [9.17, 15) is 5.11 Å². The van der Waals surface area contributed by atoms with Gasteiger partial charge < -0.3 is 14.7 Å². The average molecular weight is 241 g/mol. The molecule has 0 aromatic carbocycles. The predicted octanol–water partition coefficient (Wildman–Crippen LogP) is 1.90. The highest BCUT2D eigenvalue weighted by molar-refractivity contribution is 4.77. The van der Waals surface area contributed by atoms with Gasteiger partial charge in [0.25, 0.3) is 0 Å². The van der Waals surface area contributed by atoms with Gasteiger partial charge in [-0.1, -0.05) is 12.8 Å². The minimum absolute atomic E-state index is 0.109. The van der Waals surface area contributed by atoms with Crippen LogP contribution in [0.25, 0.3) is 0 Å². The third-order valence-corrected chi connectivity index (χ3v) is 4.35. The molecule has 3 heteroatoms. The number of nitrogens with zero attached hydrogens (tertiary/aromatic N) is 1. The Bertz CT molecular complexity index is 210. The first-order chi connectivity index (χ1) is 8.25. The van der Waals surface area contributed by atoms with Crippen LogP contribution in [0.4, 0.5) is 0 Å². The highest BCUT2D eigenvalue weighted by Crippen LogP contribution is 2.28. The molecule has 1 aliphatic carbocycles. The van der Waals surface area contributed by atoms with Crippen molar-refractivity contribution in [3.05, 3.63) is 0 Å². The lowest BCUT2D eigenvalue weighted by molar-refractivity contribution is 0.0381. The lowest BCUT2D eigenvalue weighted by Gasteiger charge is -2.29. The van der Waals surface area contributed by atoms with E-state index in [4.69, 9.17) is 4.74 Å². The van der Waals surface area contributed by atoms with Gasteiger partial charge in [-0.25, -0.2) is 0 Å². The molecule has 1 unspecified atom stereocenters. The van der Waals surface area contributed by atoms with Gasteiger partial charge in [-0.3, -0.25) is 0 Å². The summed E-state index contributed by atoms with van der Waals surface area (Å²) in [5, 5.41) is 10.2. The molecule has 17 heavy (non-hydrogen) atoms. The Kier molecular flexibility index (Phi) is 5.26. The monoisotopic (exact) mass is 241 g/mol. The van der Waals surface area contributed by atoms with Crippen molar-refractivity contribution in [2.45, 2.75) is 44.6 Å². The highest BCUT2D eigenvalue weighted by Gasteiger charge is 2.25. The number of likely N-dealkylation sites (N-methyl/N-ethyl adjacent to an activating group) is 1. The first-order valence-corrected chi connectivity index (χ1v) is 7.20. The molecular weight excluding hydrogens is 214 g/mol. The molecule has 0 spiro atoms. The summed E-state index contributed by atoms with van der Waals surface area (Å²) in [7, 11) is 2.15. The molecule has 3 nitrogen and oxygen atoms in total. The van der Waals surface area contributed by atoms with Gasteiger partial charge in [0.15, 0.2) is 0 Å². The van der Waals surface area contributed by atoms with E-state index >= 15 is 0 Å². The van der Waals surface area contributed by atoms with Crippen molar-refractivity contribution in [2.75, 3.05) is 33.4 Å². The van der Waals surface area contributed by atoms with Crippen LogP contribution in [0.15, 0.2) is 0 Å². The number of ether oxygens (including phenoxy) is 1. The molecule has 0 radical (unpaired) electrons. The van der Waals surface area contributed by atoms with Gasteiger partial charge in [-0.15, -0.1) is 0 Å². The van der Waals surface area contributed by atoms with Crippen molar-refractivity contribution in [1.29, 1.82) is 0 Å². The molecule has 2 rings (SSSR count). The fourth-order valence-corrected chi connectivity index (χ4v) is 3.25. The molecule has 1 aliphatic heterocycles. The van der Waals surface area contributed by atoms with Gasteiger partial charge in [0, 0.05) is 26.3 Å². The summed E-state index contributed by atoms with van der Waals surface area (Å²) < 4.78 is 5.38. The van der Waals surface area contributed by atoms with Crippen LogP contribution in [0.3, 0.4) is 0 Å². The molecule has 0 aromatic heterocycles. The molecule has 1 saturated carbocycles. The Labute approximate surface area is 105 Å². The number of rotatable bonds is 5. The third kappa shape index (κ3) is 4.23. The first-order valence-electron chi connectivity index (χ1n) is 7.20. The molecule has 2 aliphatic rings. The Hall–Kier alpha value is -0.120. The van der Waals surface area contributed by atoms with Crippen LogP contribution in [0.5, 0.6) is 0 Å². The number of aliphatic hydroxyl groups is 1. The summed E-state index contributed by atoms with van der Waals surface area (Å²) in [6, 6.07) is 0. The average Bonchev–Trinajstić information content (AvgIpc) is 2.83. The van der Waals surface area contributed by atoms with Crippen molar-refractivity contribution in [3.63, 3.8) is 0 Å². The summed E-state index contributed by atoms with van der Waals surface area (Å²) in [5.41, 5.74) is 0. The summed E-state index contributed by atoms with van der Waals surface area (Å²) in [6.07, 6.45) is 7.34. The van der Waals surface area contributed by atoms with Crippen molar-refractivity contribution >= 4 is 0 Å². The van der Waals surface area contributed by atoms with E-state index in [1.165, 1.54) is 38.5 Å². The smallest absolute Gasteiger partial charge is 0.0695 e. The van der Waals surface area contributed by atoms with Gasteiger partial charge in [-0.05, 0) is 44.6 Å². The second-order valence-electron chi connectivity index (χ2n) is 5.89. The van der Waals surface area contributed by atoms with Crippen LogP contribution in [-0.2, 0) is 4.74 Å². The van der Waals surface area contributed by atoms with E-state index in [1.54, 1.807) is 0 Å². The van der Waals surface area contributed by atoms with Gasteiger partial charge in [0.05, 0.1) is 6.10 Å². The fraction of sp³-hybridized carbons (Fsp3) is 1.00. The van der Waals surface area contributed by atoms with Crippen LogP contribution >= 0.6 is 0 Å². The van der Waals surface area contributed by atoms with Gasteiger partial charge in [0.1, 0.15) is 0 Å². The molecule has 1 N–H and O–H groups in total. The van der Waals surface area contributed by atoms with Crippen LogP contribution < -0.4 is 0 Å². The zero-order chi connectivity index (χ0) is 12.1. The Morgan fingerprint density at radius 1 is 1.18 bits per heavy atom. The molecule has 0 aromatic rings. The summed E-state index contributed by atoms with van der Waals surface area (Å²) in [6.45, 7) is 3.81. The summed E-state index contributed by atoms with van der Waals surface area (Å²) in [4.78, 5) is 2.32. The van der Waals surface area contributed by atoms with E-state index in [-0.39, 0.29) is 6.10 Å². The van der Waals surface area contributed by atoms with Crippen LogP contribution in [0.2, 0.25) is 0 Å². The minimum atomic E-state index is -0.109. The topological polar surface area (TPSA) is 32.7 Å². The zero-order valence-corrected chi connectivity index (χ0v) is 11.1. The summed E-state index contributed by atoms with van der Waals surface area (Å²) in [5.74, 6) is 1.33. The van der Waals surface area contributed by atoms with E-state index < -0.39 is 0 Å². The van der Waals surface area contributed by atoms with E-state index in [1.807, 2.05) is 0 Å². The van der Waals surface area contributed by atoms with Gasteiger partial charge in [0.2, 0.25) is 0 Å². The maximum atomic E-state index is 10.2. The van der Waals surface area contributed by atoms with E-state index in [2.05, 4.69) is 11.9 Å². The normalized spacial score (nSPS) is 25.6. The molecule has 1 atom stereocenters. The van der Waals surface area contributed by atoms with Crippen molar-refractivity contribution in [1.82, 2.24) is 4.90 Å². The van der Waals surface area contributed by atoms with E-state index in [0.717, 1.165) is 32.2 Å². The second-order valence-corrected chi connectivity index (χ2v) is 5.89. The molecule has 1 heterocycles. The Morgan fingerprint density at radius 2 is 1.82 bits per heavy atom. The lowest BCUT2D eigenvalue weighted by Crippen LogP contribution is -2.37. The predicted molar refractivity (Wildman–Crippen MR) is 69.0 cm³/mol. The first kappa shape index (κ1) is 13.3. The minimum Gasteiger partial charge on any atom is -0.392 e. The molecule has 0 amide bonds. The third-order valence-electron chi connectivity index (χ3n) is 4.35. The van der Waals surface area contributed by atoms with Crippen molar-refractivity contribution in [3.8, 4) is 0 Å². The van der Waals surface area contributed by atoms with Gasteiger partial charge >= 0.3 is 0 Å². The largest absolute Gasteiger partial charge is 0.392 e. The lowest BCUT2D eigenvalue weighted by atomic mass is 9.98. The van der Waals surface area contributed by atoms with Crippen LogP contribution in [0, 0.1) is 11.8 Å². The summed E-state index contributed by atoms with van der Waals surface area (Å²) >= 11 is 0. The van der Waals surface area contributed by atoms with Crippen molar-refractivity contribution in [2.24, 2.45) is 11.8 Å². The fourth-order valence-electron chi connectivity index (χ4n) is 3.25.